The Morgan fingerprint density at radius 1 is 1.07 bits per heavy atom. The first-order valence-corrected chi connectivity index (χ1v) is 11.1. The molecular weight excluding hydrogens is 416 g/mol. The summed E-state index contributed by atoms with van der Waals surface area (Å²) in [7, 11) is -0.808. The highest BCUT2D eigenvalue weighted by Gasteiger charge is 2.32. The smallest absolute Gasteiger partial charge is 0.244 e. The first kappa shape index (κ1) is 22.8. The van der Waals surface area contributed by atoms with Gasteiger partial charge >= 0.3 is 0 Å². The van der Waals surface area contributed by atoms with Gasteiger partial charge in [-0.1, -0.05) is 23.7 Å². The first-order valence-electron chi connectivity index (χ1n) is 8.85. The van der Waals surface area contributed by atoms with Crippen LogP contribution in [-0.4, -0.2) is 40.8 Å². The van der Waals surface area contributed by atoms with Crippen LogP contribution in [-0.2, 0) is 14.8 Å². The number of ether oxygens (including phenoxy) is 2. The molecule has 1 amide bonds. The summed E-state index contributed by atoms with van der Waals surface area (Å²) in [4.78, 5) is 12.9. The van der Waals surface area contributed by atoms with Crippen LogP contribution in [0.15, 0.2) is 42.5 Å². The number of carbonyl (C=O) groups excluding carboxylic acids is 1. The van der Waals surface area contributed by atoms with Crippen LogP contribution >= 0.6 is 11.6 Å². The average molecular weight is 441 g/mol. The van der Waals surface area contributed by atoms with E-state index in [1.54, 1.807) is 31.4 Å². The van der Waals surface area contributed by atoms with Crippen molar-refractivity contribution in [3.63, 3.8) is 0 Å². The molecule has 0 aliphatic carbocycles. The maximum atomic E-state index is 12.9. The maximum absolute atomic E-state index is 12.9. The number of nitrogens with zero attached hydrogens (tertiary/aromatic N) is 1. The Kier molecular flexibility index (Phi) is 7.37. The molecule has 0 radical (unpaired) electrons. The topological polar surface area (TPSA) is 84.9 Å². The minimum Gasteiger partial charge on any atom is -0.497 e. The minimum atomic E-state index is -3.80. The molecule has 2 unspecified atom stereocenters. The lowest BCUT2D eigenvalue weighted by Crippen LogP contribution is -2.48. The molecule has 2 rings (SSSR count). The molecule has 0 aliphatic rings. The number of rotatable bonds is 8. The van der Waals surface area contributed by atoms with Crippen molar-refractivity contribution in [2.24, 2.45) is 0 Å². The van der Waals surface area contributed by atoms with Gasteiger partial charge in [-0.05, 0) is 49.7 Å². The fourth-order valence-corrected chi connectivity index (χ4v) is 4.26. The lowest BCUT2D eigenvalue weighted by atomic mass is 10.1. The standard InChI is InChI=1S/C20H25ClN2O5S/c1-13(15-6-9-17(27-3)10-7-15)22-20(24)14(2)23(29(5,25)26)18-12-16(21)8-11-19(18)28-4/h6-14H,1-5H3,(H,22,24). The Balaban J connectivity index is 2.30. The number of halogens is 1. The lowest BCUT2D eigenvalue weighted by molar-refractivity contribution is -0.122. The second kappa shape index (κ2) is 9.37. The highest BCUT2D eigenvalue weighted by atomic mass is 35.5. The third kappa shape index (κ3) is 5.55. The van der Waals surface area contributed by atoms with E-state index >= 15 is 0 Å². The molecule has 0 aromatic heterocycles. The molecule has 0 fully saturated rings. The van der Waals surface area contributed by atoms with Crippen molar-refractivity contribution < 1.29 is 22.7 Å². The van der Waals surface area contributed by atoms with Crippen LogP contribution in [0.5, 0.6) is 11.5 Å². The molecule has 7 nitrogen and oxygen atoms in total. The summed E-state index contributed by atoms with van der Waals surface area (Å²) in [5.41, 5.74) is 1.06. The predicted octanol–water partition coefficient (Wildman–Crippen LogP) is 3.39. The van der Waals surface area contributed by atoms with E-state index in [0.717, 1.165) is 16.1 Å². The van der Waals surface area contributed by atoms with Crippen molar-refractivity contribution in [3.05, 3.63) is 53.1 Å². The van der Waals surface area contributed by atoms with Crippen molar-refractivity contribution in [2.75, 3.05) is 24.8 Å². The summed E-state index contributed by atoms with van der Waals surface area (Å²) in [5, 5.41) is 3.18. The zero-order chi connectivity index (χ0) is 21.8. The number of carbonyl (C=O) groups is 1. The molecule has 2 aromatic carbocycles. The van der Waals surface area contributed by atoms with Gasteiger partial charge in [0.05, 0.1) is 32.2 Å². The summed E-state index contributed by atoms with van der Waals surface area (Å²) in [6, 6.07) is 10.5. The van der Waals surface area contributed by atoms with E-state index in [9.17, 15) is 13.2 Å². The van der Waals surface area contributed by atoms with Crippen molar-refractivity contribution in [3.8, 4) is 11.5 Å². The third-order valence-corrected chi connectivity index (χ3v) is 5.90. The summed E-state index contributed by atoms with van der Waals surface area (Å²) in [5.74, 6) is 0.542. The highest BCUT2D eigenvalue weighted by molar-refractivity contribution is 7.92. The summed E-state index contributed by atoms with van der Waals surface area (Å²) >= 11 is 6.05. The number of hydrogen-bond donors (Lipinski definition) is 1. The van der Waals surface area contributed by atoms with E-state index < -0.39 is 22.0 Å². The van der Waals surface area contributed by atoms with Gasteiger partial charge in [0.15, 0.2) is 0 Å². The second-order valence-electron chi connectivity index (χ2n) is 6.55. The van der Waals surface area contributed by atoms with Crippen LogP contribution in [0.3, 0.4) is 0 Å². The van der Waals surface area contributed by atoms with Gasteiger partial charge in [-0.15, -0.1) is 0 Å². The van der Waals surface area contributed by atoms with E-state index in [2.05, 4.69) is 5.32 Å². The summed E-state index contributed by atoms with van der Waals surface area (Å²) in [6.07, 6.45) is 1.03. The number of anilines is 1. The van der Waals surface area contributed by atoms with Crippen LogP contribution in [0.25, 0.3) is 0 Å². The Bertz CT molecular complexity index is 963. The van der Waals surface area contributed by atoms with Crippen molar-refractivity contribution in [1.82, 2.24) is 5.32 Å². The van der Waals surface area contributed by atoms with Crippen LogP contribution in [0.1, 0.15) is 25.5 Å². The fourth-order valence-electron chi connectivity index (χ4n) is 2.93. The van der Waals surface area contributed by atoms with Crippen LogP contribution in [0.4, 0.5) is 5.69 Å². The normalized spacial score (nSPS) is 13.3. The van der Waals surface area contributed by atoms with E-state index in [1.165, 1.54) is 20.1 Å². The van der Waals surface area contributed by atoms with E-state index in [4.69, 9.17) is 21.1 Å². The monoisotopic (exact) mass is 440 g/mol. The van der Waals surface area contributed by atoms with Crippen molar-refractivity contribution in [2.45, 2.75) is 25.9 Å². The highest BCUT2D eigenvalue weighted by Crippen LogP contribution is 2.34. The van der Waals surface area contributed by atoms with E-state index in [1.807, 2.05) is 19.1 Å². The maximum Gasteiger partial charge on any atom is 0.244 e. The van der Waals surface area contributed by atoms with Crippen LogP contribution < -0.4 is 19.1 Å². The lowest BCUT2D eigenvalue weighted by Gasteiger charge is -2.30. The van der Waals surface area contributed by atoms with Crippen molar-refractivity contribution in [1.29, 1.82) is 0 Å². The zero-order valence-electron chi connectivity index (χ0n) is 17.0. The zero-order valence-corrected chi connectivity index (χ0v) is 18.5. The Hall–Kier alpha value is -2.45. The minimum absolute atomic E-state index is 0.197. The van der Waals surface area contributed by atoms with E-state index in [0.29, 0.717) is 16.5 Å². The molecule has 0 aliphatic heterocycles. The Morgan fingerprint density at radius 2 is 1.69 bits per heavy atom. The number of benzene rings is 2. The molecule has 29 heavy (non-hydrogen) atoms. The molecule has 0 spiro atoms. The molecule has 0 saturated heterocycles. The molecule has 1 N–H and O–H groups in total. The fraction of sp³-hybridized carbons (Fsp3) is 0.350. The Labute approximate surface area is 176 Å². The molecule has 158 valence electrons. The number of nitrogens with one attached hydrogen (secondary N) is 1. The van der Waals surface area contributed by atoms with Gasteiger partial charge in [0.25, 0.3) is 0 Å². The van der Waals surface area contributed by atoms with Gasteiger partial charge in [0, 0.05) is 5.02 Å². The predicted molar refractivity (Wildman–Crippen MR) is 114 cm³/mol. The van der Waals surface area contributed by atoms with E-state index in [-0.39, 0.29) is 11.7 Å². The molecular formula is C20H25ClN2O5S. The number of methoxy groups -OCH3 is 2. The van der Waals surface area contributed by atoms with Gasteiger partial charge in [0.2, 0.25) is 15.9 Å². The molecule has 0 bridgehead atoms. The van der Waals surface area contributed by atoms with Gasteiger partial charge < -0.3 is 14.8 Å². The summed E-state index contributed by atoms with van der Waals surface area (Å²) in [6.45, 7) is 3.33. The molecule has 2 aromatic rings. The SMILES string of the molecule is COc1ccc(C(C)NC(=O)C(C)N(c2cc(Cl)ccc2OC)S(C)(=O)=O)cc1. The summed E-state index contributed by atoms with van der Waals surface area (Å²) < 4.78 is 36.4. The number of hydrogen-bond acceptors (Lipinski definition) is 5. The third-order valence-electron chi connectivity index (χ3n) is 4.44. The van der Waals surface area contributed by atoms with Crippen LogP contribution in [0.2, 0.25) is 5.02 Å². The average Bonchev–Trinajstić information content (AvgIpc) is 2.67. The quantitative estimate of drug-likeness (QED) is 0.680. The van der Waals surface area contributed by atoms with Gasteiger partial charge in [-0.25, -0.2) is 8.42 Å². The molecule has 0 saturated carbocycles. The first-order chi connectivity index (χ1) is 13.6. The molecule has 2 atom stereocenters. The Morgan fingerprint density at radius 3 is 2.21 bits per heavy atom. The largest absolute Gasteiger partial charge is 0.497 e. The second-order valence-corrected chi connectivity index (χ2v) is 8.85. The van der Waals surface area contributed by atoms with Gasteiger partial charge in [-0.2, -0.15) is 0 Å². The van der Waals surface area contributed by atoms with Crippen LogP contribution in [0, 0.1) is 0 Å². The number of amides is 1. The number of sulfonamides is 1. The van der Waals surface area contributed by atoms with Crippen molar-refractivity contribution >= 4 is 33.2 Å². The molecule has 0 heterocycles. The molecule has 9 heteroatoms. The van der Waals surface area contributed by atoms with Gasteiger partial charge in [0.1, 0.15) is 17.5 Å². The van der Waals surface area contributed by atoms with Gasteiger partial charge in [-0.3, -0.25) is 9.10 Å².